The first kappa shape index (κ1) is 16.4. The van der Waals surface area contributed by atoms with Crippen LogP contribution in [0, 0.1) is 6.92 Å². The molecule has 0 fully saturated rings. The summed E-state index contributed by atoms with van der Waals surface area (Å²) in [6.07, 6.45) is 0. The van der Waals surface area contributed by atoms with Crippen LogP contribution in [0.2, 0.25) is 0 Å². The number of para-hydroxylation sites is 1. The molecular formula is C18H16BrN3O2. The predicted octanol–water partition coefficient (Wildman–Crippen LogP) is 4.62. The quantitative estimate of drug-likeness (QED) is 0.663. The van der Waals surface area contributed by atoms with E-state index in [1.807, 2.05) is 49.4 Å². The molecule has 0 amide bonds. The van der Waals surface area contributed by atoms with Crippen molar-refractivity contribution in [2.24, 2.45) is 0 Å². The fraction of sp³-hybridized carbons (Fsp3) is 0.167. The lowest BCUT2D eigenvalue weighted by molar-refractivity contribution is 0.0512. The number of aryl methyl sites for hydroxylation is 1. The topological polar surface area (TPSA) is 64.1 Å². The molecule has 2 aromatic carbocycles. The molecule has 0 aliphatic heterocycles. The van der Waals surface area contributed by atoms with Crippen molar-refractivity contribution in [3.05, 3.63) is 58.3 Å². The average Bonchev–Trinajstić information content (AvgIpc) is 2.57. The second-order valence-corrected chi connectivity index (χ2v) is 6.13. The van der Waals surface area contributed by atoms with Gasteiger partial charge in [0.15, 0.2) is 0 Å². The molecule has 6 heteroatoms. The van der Waals surface area contributed by atoms with Crippen LogP contribution in [0.15, 0.2) is 46.9 Å². The number of carbonyl (C=O) groups is 1. The van der Waals surface area contributed by atoms with Gasteiger partial charge in [0.05, 0.1) is 12.1 Å². The van der Waals surface area contributed by atoms with Gasteiger partial charge in [-0.25, -0.2) is 14.8 Å². The SMILES string of the molecule is CCOC(=O)c1nc(Nc2ccc(Br)cc2C)c2ccccc2n1. The van der Waals surface area contributed by atoms with E-state index in [1.165, 1.54) is 0 Å². The van der Waals surface area contributed by atoms with Crippen LogP contribution in [-0.2, 0) is 4.74 Å². The number of anilines is 2. The molecule has 1 heterocycles. The van der Waals surface area contributed by atoms with Gasteiger partial charge < -0.3 is 10.1 Å². The van der Waals surface area contributed by atoms with Gasteiger partial charge >= 0.3 is 5.97 Å². The number of benzene rings is 2. The van der Waals surface area contributed by atoms with E-state index in [2.05, 4.69) is 31.2 Å². The molecule has 0 aliphatic carbocycles. The third-order valence-corrected chi connectivity index (χ3v) is 4.00. The van der Waals surface area contributed by atoms with E-state index in [0.29, 0.717) is 11.3 Å². The Bertz CT molecular complexity index is 912. The van der Waals surface area contributed by atoms with E-state index in [9.17, 15) is 4.79 Å². The Hall–Kier alpha value is -2.47. The van der Waals surface area contributed by atoms with Crippen molar-refractivity contribution in [3.63, 3.8) is 0 Å². The first-order valence-corrected chi connectivity index (χ1v) is 8.35. The van der Waals surface area contributed by atoms with E-state index < -0.39 is 5.97 Å². The van der Waals surface area contributed by atoms with Crippen molar-refractivity contribution in [2.75, 3.05) is 11.9 Å². The lowest BCUT2D eigenvalue weighted by Crippen LogP contribution is -2.11. The Balaban J connectivity index is 2.09. The molecule has 0 saturated carbocycles. The Morgan fingerprint density at radius 2 is 2.00 bits per heavy atom. The number of hydrogen-bond donors (Lipinski definition) is 1. The first-order valence-electron chi connectivity index (χ1n) is 7.55. The molecule has 5 nitrogen and oxygen atoms in total. The van der Waals surface area contributed by atoms with Crippen LogP contribution in [0.4, 0.5) is 11.5 Å². The summed E-state index contributed by atoms with van der Waals surface area (Å²) >= 11 is 3.45. The number of nitrogens with one attached hydrogen (secondary N) is 1. The van der Waals surface area contributed by atoms with Crippen molar-refractivity contribution in [2.45, 2.75) is 13.8 Å². The largest absolute Gasteiger partial charge is 0.460 e. The number of fused-ring (bicyclic) bond motifs is 1. The number of halogens is 1. The molecule has 0 bridgehead atoms. The standard InChI is InChI=1S/C18H16BrN3O2/c1-3-24-18(23)17-21-15-7-5-4-6-13(15)16(22-17)20-14-9-8-12(19)10-11(14)2/h4-10H,3H2,1-2H3,(H,20,21,22). The third-order valence-electron chi connectivity index (χ3n) is 3.50. The summed E-state index contributed by atoms with van der Waals surface area (Å²) in [5, 5.41) is 4.14. The van der Waals surface area contributed by atoms with Crippen molar-refractivity contribution in [1.29, 1.82) is 0 Å². The van der Waals surface area contributed by atoms with Gasteiger partial charge in [0, 0.05) is 15.5 Å². The number of rotatable bonds is 4. The van der Waals surface area contributed by atoms with Crippen LogP contribution in [0.1, 0.15) is 23.1 Å². The first-order chi connectivity index (χ1) is 11.6. The predicted molar refractivity (Wildman–Crippen MR) is 97.7 cm³/mol. The minimum absolute atomic E-state index is 0.0489. The fourth-order valence-corrected chi connectivity index (χ4v) is 2.83. The summed E-state index contributed by atoms with van der Waals surface area (Å²) in [7, 11) is 0. The van der Waals surface area contributed by atoms with E-state index in [1.54, 1.807) is 6.92 Å². The maximum Gasteiger partial charge on any atom is 0.376 e. The second-order valence-electron chi connectivity index (χ2n) is 5.22. The smallest absolute Gasteiger partial charge is 0.376 e. The van der Waals surface area contributed by atoms with Crippen LogP contribution >= 0.6 is 15.9 Å². The molecule has 24 heavy (non-hydrogen) atoms. The molecule has 0 atom stereocenters. The summed E-state index contributed by atoms with van der Waals surface area (Å²) in [6, 6.07) is 13.5. The molecular weight excluding hydrogens is 370 g/mol. The number of nitrogens with zero attached hydrogens (tertiary/aromatic N) is 2. The fourth-order valence-electron chi connectivity index (χ4n) is 2.35. The lowest BCUT2D eigenvalue weighted by atomic mass is 10.2. The van der Waals surface area contributed by atoms with Crippen LogP contribution in [0.5, 0.6) is 0 Å². The van der Waals surface area contributed by atoms with Crippen LogP contribution in [0.3, 0.4) is 0 Å². The monoisotopic (exact) mass is 385 g/mol. The molecule has 1 N–H and O–H groups in total. The molecule has 0 unspecified atom stereocenters. The molecule has 0 saturated heterocycles. The number of aromatic nitrogens is 2. The molecule has 0 spiro atoms. The summed E-state index contributed by atoms with van der Waals surface area (Å²) in [5.41, 5.74) is 2.66. The Labute approximate surface area is 148 Å². The molecule has 1 aromatic heterocycles. The van der Waals surface area contributed by atoms with Gasteiger partial charge in [-0.15, -0.1) is 0 Å². The number of esters is 1. The molecule has 0 radical (unpaired) electrons. The van der Waals surface area contributed by atoms with Gasteiger partial charge in [0.1, 0.15) is 5.82 Å². The van der Waals surface area contributed by atoms with E-state index >= 15 is 0 Å². The summed E-state index contributed by atoms with van der Waals surface area (Å²) in [4.78, 5) is 20.7. The van der Waals surface area contributed by atoms with Gasteiger partial charge in [-0.2, -0.15) is 0 Å². The highest BCUT2D eigenvalue weighted by Crippen LogP contribution is 2.27. The summed E-state index contributed by atoms with van der Waals surface area (Å²) in [6.45, 7) is 4.04. The van der Waals surface area contributed by atoms with Crippen molar-refractivity contribution in [1.82, 2.24) is 9.97 Å². The van der Waals surface area contributed by atoms with Gasteiger partial charge in [0.2, 0.25) is 5.82 Å². The van der Waals surface area contributed by atoms with E-state index in [0.717, 1.165) is 21.1 Å². The maximum atomic E-state index is 12.0. The van der Waals surface area contributed by atoms with Crippen LogP contribution in [0.25, 0.3) is 10.9 Å². The zero-order chi connectivity index (χ0) is 17.1. The van der Waals surface area contributed by atoms with Gasteiger partial charge in [-0.3, -0.25) is 0 Å². The highest BCUT2D eigenvalue weighted by Gasteiger charge is 2.15. The minimum atomic E-state index is -0.529. The Morgan fingerprint density at radius 1 is 1.21 bits per heavy atom. The summed E-state index contributed by atoms with van der Waals surface area (Å²) < 4.78 is 6.03. The molecule has 0 aliphatic rings. The molecule has 3 rings (SSSR count). The zero-order valence-electron chi connectivity index (χ0n) is 13.3. The van der Waals surface area contributed by atoms with E-state index in [4.69, 9.17) is 4.74 Å². The van der Waals surface area contributed by atoms with Gasteiger partial charge in [-0.05, 0) is 49.7 Å². The number of hydrogen-bond acceptors (Lipinski definition) is 5. The van der Waals surface area contributed by atoms with E-state index in [-0.39, 0.29) is 12.4 Å². The Kier molecular flexibility index (Phi) is 4.76. The van der Waals surface area contributed by atoms with Crippen LogP contribution in [-0.4, -0.2) is 22.5 Å². The molecule has 122 valence electrons. The highest BCUT2D eigenvalue weighted by molar-refractivity contribution is 9.10. The number of ether oxygens (including phenoxy) is 1. The van der Waals surface area contributed by atoms with Crippen molar-refractivity contribution in [3.8, 4) is 0 Å². The van der Waals surface area contributed by atoms with Gasteiger partial charge in [-0.1, -0.05) is 28.1 Å². The maximum absolute atomic E-state index is 12.0. The molecule has 3 aromatic rings. The highest BCUT2D eigenvalue weighted by atomic mass is 79.9. The second kappa shape index (κ2) is 6.97. The van der Waals surface area contributed by atoms with Gasteiger partial charge in [0.25, 0.3) is 0 Å². The number of carbonyl (C=O) groups excluding carboxylic acids is 1. The third kappa shape index (κ3) is 3.38. The minimum Gasteiger partial charge on any atom is -0.460 e. The van der Waals surface area contributed by atoms with Crippen molar-refractivity contribution < 1.29 is 9.53 Å². The van der Waals surface area contributed by atoms with Crippen LogP contribution < -0.4 is 5.32 Å². The summed E-state index contributed by atoms with van der Waals surface area (Å²) in [5.74, 6) is 0.0979. The van der Waals surface area contributed by atoms with Crippen molar-refractivity contribution >= 4 is 44.3 Å². The average molecular weight is 386 g/mol. The lowest BCUT2D eigenvalue weighted by Gasteiger charge is -2.12. The zero-order valence-corrected chi connectivity index (χ0v) is 14.9. The normalized spacial score (nSPS) is 10.6. The Morgan fingerprint density at radius 3 is 2.75 bits per heavy atom.